The second-order valence-corrected chi connectivity index (χ2v) is 14.8. The molecule has 3 aliphatic carbocycles. The van der Waals surface area contributed by atoms with E-state index in [1.165, 1.54) is 0 Å². The van der Waals surface area contributed by atoms with Gasteiger partial charge in [-0.15, -0.1) is 0 Å². The number of hydrogen-bond acceptors (Lipinski definition) is 5. The predicted octanol–water partition coefficient (Wildman–Crippen LogP) is 7.57. The van der Waals surface area contributed by atoms with Crippen LogP contribution in [0.25, 0.3) is 0 Å². The monoisotopic (exact) mass is 554 g/mol. The van der Waals surface area contributed by atoms with Crippen LogP contribution in [0.2, 0.25) is 0 Å². The van der Waals surface area contributed by atoms with Gasteiger partial charge in [-0.25, -0.2) is 0 Å². The van der Waals surface area contributed by atoms with Gasteiger partial charge in [-0.05, 0) is 101 Å². The van der Waals surface area contributed by atoms with Crippen molar-refractivity contribution < 1.29 is 23.9 Å². The molecule has 5 heteroatoms. The number of ether oxygens (including phenoxy) is 2. The van der Waals surface area contributed by atoms with Crippen molar-refractivity contribution >= 4 is 17.7 Å². The largest absolute Gasteiger partial charge is 0.462 e. The number of rotatable bonds is 7. The molecule has 0 aromatic rings. The molecule has 2 fully saturated rings. The van der Waals surface area contributed by atoms with Crippen LogP contribution >= 0.6 is 0 Å². The number of hydrogen-bond donors (Lipinski definition) is 0. The van der Waals surface area contributed by atoms with Crippen LogP contribution in [-0.4, -0.2) is 29.9 Å². The average Bonchev–Trinajstić information content (AvgIpc) is 2.86. The van der Waals surface area contributed by atoms with Crippen LogP contribution < -0.4 is 0 Å². The van der Waals surface area contributed by atoms with E-state index in [9.17, 15) is 14.4 Å². The van der Waals surface area contributed by atoms with E-state index in [2.05, 4.69) is 53.4 Å². The van der Waals surface area contributed by atoms with Crippen LogP contribution in [0.3, 0.4) is 0 Å². The van der Waals surface area contributed by atoms with E-state index in [0.717, 1.165) is 38.5 Å². The zero-order valence-corrected chi connectivity index (χ0v) is 26.5. The maximum atomic E-state index is 14.3. The topological polar surface area (TPSA) is 69.7 Å². The third kappa shape index (κ3) is 7.59. The van der Waals surface area contributed by atoms with Gasteiger partial charge in [0.1, 0.15) is 12.2 Å². The van der Waals surface area contributed by atoms with Gasteiger partial charge in [-0.2, -0.15) is 0 Å². The smallest absolute Gasteiger partial charge is 0.322 e. The van der Waals surface area contributed by atoms with E-state index >= 15 is 0 Å². The Kier molecular flexibility index (Phi) is 10.7. The maximum Gasteiger partial charge on any atom is 0.322 e. The standard InChI is InChI=1S/C35H54O5/c1-22(2)26-15-13-24(5)20-29(26)39-32(37)28-12-10-11-18-35(28,31(36)17-19-34(7,8)9)33(38)40-30-21-25(6)14-16-27(30)23(3)4/h10-11,22-30H,12-16,18,20-21H2,1-9H3/t24-,25-,26+,27+,28-,29-,30-,35-/m0/s1. The third-order valence-corrected chi connectivity index (χ3v) is 9.63. The Hall–Kier alpha value is -2.09. The molecule has 0 bridgehead atoms. The van der Waals surface area contributed by atoms with E-state index in [1.807, 2.05) is 32.9 Å². The van der Waals surface area contributed by atoms with Crippen LogP contribution in [0.15, 0.2) is 12.2 Å². The highest BCUT2D eigenvalue weighted by Crippen LogP contribution is 2.45. The summed E-state index contributed by atoms with van der Waals surface area (Å²) in [4.78, 5) is 42.4. The summed E-state index contributed by atoms with van der Waals surface area (Å²) in [6.45, 7) is 18.8. The highest BCUT2D eigenvalue weighted by molar-refractivity contribution is 6.15. The molecule has 3 rings (SSSR count). The molecule has 2 saturated carbocycles. The molecular formula is C35H54O5. The molecule has 0 aromatic carbocycles. The Bertz CT molecular complexity index is 1010. The summed E-state index contributed by atoms with van der Waals surface area (Å²) >= 11 is 0. The third-order valence-electron chi connectivity index (χ3n) is 9.63. The molecule has 0 unspecified atom stereocenters. The van der Waals surface area contributed by atoms with Crippen molar-refractivity contribution in [3.8, 4) is 11.8 Å². The first kappa shape index (κ1) is 32.4. The van der Waals surface area contributed by atoms with Crippen LogP contribution in [0.4, 0.5) is 0 Å². The summed E-state index contributed by atoms with van der Waals surface area (Å²) < 4.78 is 12.6. The fourth-order valence-electron chi connectivity index (χ4n) is 7.04. The molecule has 0 aliphatic heterocycles. The summed E-state index contributed by atoms with van der Waals surface area (Å²) in [7, 11) is 0. The van der Waals surface area contributed by atoms with Crippen LogP contribution in [0, 0.1) is 64.1 Å². The Morgan fingerprint density at radius 3 is 1.85 bits per heavy atom. The highest BCUT2D eigenvalue weighted by Gasteiger charge is 2.58. The Morgan fingerprint density at radius 1 is 0.825 bits per heavy atom. The molecule has 40 heavy (non-hydrogen) atoms. The molecule has 0 spiro atoms. The molecule has 0 N–H and O–H groups in total. The van der Waals surface area contributed by atoms with E-state index in [4.69, 9.17) is 9.47 Å². The zero-order valence-electron chi connectivity index (χ0n) is 26.5. The first-order chi connectivity index (χ1) is 18.7. The molecule has 0 radical (unpaired) electrons. The van der Waals surface area contributed by atoms with Crippen molar-refractivity contribution in [2.24, 2.45) is 52.3 Å². The molecule has 0 heterocycles. The lowest BCUT2D eigenvalue weighted by atomic mass is 9.65. The van der Waals surface area contributed by atoms with E-state index in [0.29, 0.717) is 23.7 Å². The molecule has 5 nitrogen and oxygen atoms in total. The maximum absolute atomic E-state index is 14.3. The van der Waals surface area contributed by atoms with Gasteiger partial charge < -0.3 is 9.47 Å². The number of ketones is 1. The average molecular weight is 555 g/mol. The number of allylic oxidation sites excluding steroid dienone is 2. The lowest BCUT2D eigenvalue weighted by Gasteiger charge is -2.42. The molecule has 3 aliphatic rings. The molecule has 0 aromatic heterocycles. The van der Waals surface area contributed by atoms with E-state index in [-0.39, 0.29) is 36.9 Å². The summed E-state index contributed by atoms with van der Waals surface area (Å²) in [5.41, 5.74) is -2.12. The van der Waals surface area contributed by atoms with E-state index < -0.39 is 34.5 Å². The van der Waals surface area contributed by atoms with Crippen LogP contribution in [0.5, 0.6) is 0 Å². The predicted molar refractivity (Wildman–Crippen MR) is 159 cm³/mol. The van der Waals surface area contributed by atoms with Crippen molar-refractivity contribution in [3.05, 3.63) is 12.2 Å². The molecule has 224 valence electrons. The molecule has 8 atom stereocenters. The Labute approximate surface area is 243 Å². The lowest BCUT2D eigenvalue weighted by Crippen LogP contribution is -2.53. The first-order valence-electron chi connectivity index (χ1n) is 15.8. The van der Waals surface area contributed by atoms with Crippen molar-refractivity contribution in [3.63, 3.8) is 0 Å². The zero-order chi connectivity index (χ0) is 29.8. The summed E-state index contributed by atoms with van der Waals surface area (Å²) in [6.07, 6.45) is 9.42. The first-order valence-corrected chi connectivity index (χ1v) is 15.8. The number of esters is 2. The van der Waals surface area contributed by atoms with Gasteiger partial charge in [0.25, 0.3) is 0 Å². The second kappa shape index (κ2) is 13.3. The van der Waals surface area contributed by atoms with Gasteiger partial charge in [-0.1, -0.05) is 72.5 Å². The van der Waals surface area contributed by atoms with Crippen molar-refractivity contribution in [1.82, 2.24) is 0 Å². The van der Waals surface area contributed by atoms with Gasteiger partial charge in [0.05, 0.1) is 5.92 Å². The number of Topliss-reactive ketones (excluding diaryl/α,β-unsaturated/α-hetero) is 1. The molecular weight excluding hydrogens is 500 g/mol. The van der Waals surface area contributed by atoms with E-state index in [1.54, 1.807) is 0 Å². The van der Waals surface area contributed by atoms with Gasteiger partial charge in [0.2, 0.25) is 5.78 Å². The van der Waals surface area contributed by atoms with Gasteiger partial charge in [-0.3, -0.25) is 14.4 Å². The summed E-state index contributed by atoms with van der Waals surface area (Å²) in [6, 6.07) is 0. The van der Waals surface area contributed by atoms with Crippen molar-refractivity contribution in [1.29, 1.82) is 0 Å². The van der Waals surface area contributed by atoms with Crippen LogP contribution in [-0.2, 0) is 23.9 Å². The minimum Gasteiger partial charge on any atom is -0.462 e. The minimum atomic E-state index is -1.69. The second-order valence-electron chi connectivity index (χ2n) is 14.8. The van der Waals surface area contributed by atoms with Crippen LogP contribution in [0.1, 0.15) is 114 Å². The lowest BCUT2D eigenvalue weighted by molar-refractivity contribution is -0.184. The highest BCUT2D eigenvalue weighted by atomic mass is 16.6. The number of carbonyl (C=O) groups excluding carboxylic acids is 3. The van der Waals surface area contributed by atoms with Crippen molar-refractivity contribution in [2.45, 2.75) is 126 Å². The minimum absolute atomic E-state index is 0.104. The number of carbonyl (C=O) groups is 3. The van der Waals surface area contributed by atoms with Crippen molar-refractivity contribution in [2.75, 3.05) is 0 Å². The van der Waals surface area contributed by atoms with Gasteiger partial charge in [0, 0.05) is 5.41 Å². The Balaban J connectivity index is 1.99. The fourth-order valence-corrected chi connectivity index (χ4v) is 7.04. The summed E-state index contributed by atoms with van der Waals surface area (Å²) in [5, 5.41) is 0. The SMILES string of the molecule is CC(C)[C@H]1CC[C@H](C)C[C@@H]1OC(=O)[C@@H]1CC=CC[C@]1(C(=O)C#CC(C)(C)C)C(=O)O[C@H]1C[C@@H](C)CC[C@@H]1C(C)C. The van der Waals surface area contributed by atoms with Gasteiger partial charge >= 0.3 is 11.9 Å². The summed E-state index contributed by atoms with van der Waals surface area (Å²) in [5.74, 6) is 5.40. The molecule has 0 saturated heterocycles. The normalized spacial score (nSPS) is 34.6. The Morgan fingerprint density at radius 2 is 1.35 bits per heavy atom. The van der Waals surface area contributed by atoms with Gasteiger partial charge in [0.15, 0.2) is 5.41 Å². The quantitative estimate of drug-likeness (QED) is 0.107. The molecule has 0 amide bonds. The fraction of sp³-hybridized carbons (Fsp3) is 0.800.